The average molecular weight is 353 g/mol. The van der Waals surface area contributed by atoms with Crippen molar-refractivity contribution in [2.75, 3.05) is 0 Å². The molecule has 1 N–H and O–H groups in total. The van der Waals surface area contributed by atoms with Crippen molar-refractivity contribution in [3.8, 4) is 0 Å². The number of hydrogen-bond acceptors (Lipinski definition) is 2. The van der Waals surface area contributed by atoms with Gasteiger partial charge in [0.05, 0.1) is 0 Å². The predicted molar refractivity (Wildman–Crippen MR) is 81.3 cm³/mol. The van der Waals surface area contributed by atoms with Crippen molar-refractivity contribution >= 4 is 51.3 Å². The van der Waals surface area contributed by atoms with Crippen LogP contribution in [0.2, 0.25) is 5.02 Å². The van der Waals surface area contributed by atoms with E-state index in [4.69, 9.17) is 11.6 Å². The Morgan fingerprint density at radius 2 is 2.06 bits per heavy atom. The minimum Gasteiger partial charge on any atom is -0.309 e. The van der Waals surface area contributed by atoms with Crippen LogP contribution in [0.15, 0.2) is 39.5 Å². The van der Waals surface area contributed by atoms with Crippen LogP contribution >= 0.6 is 51.3 Å². The van der Waals surface area contributed by atoms with E-state index in [1.807, 2.05) is 18.2 Å². The second kappa shape index (κ2) is 7.39. The second-order valence-electron chi connectivity index (χ2n) is 3.47. The van der Waals surface area contributed by atoms with E-state index in [0.717, 1.165) is 28.1 Å². The summed E-state index contributed by atoms with van der Waals surface area (Å²) in [6.07, 6.45) is 0. The summed E-state index contributed by atoms with van der Waals surface area (Å²) in [5.41, 5.74) is 2.44. The van der Waals surface area contributed by atoms with Gasteiger partial charge in [-0.15, -0.1) is 12.4 Å². The van der Waals surface area contributed by atoms with E-state index < -0.39 is 0 Å². The van der Waals surface area contributed by atoms with Crippen LogP contribution in [0.5, 0.6) is 0 Å². The lowest BCUT2D eigenvalue weighted by Gasteiger charge is -2.06. The molecule has 1 aromatic carbocycles. The van der Waals surface area contributed by atoms with Gasteiger partial charge in [-0.2, -0.15) is 11.3 Å². The molecule has 0 aliphatic heterocycles. The molecule has 1 aromatic heterocycles. The quantitative estimate of drug-likeness (QED) is 0.827. The Morgan fingerprint density at radius 3 is 2.71 bits per heavy atom. The van der Waals surface area contributed by atoms with Crippen molar-refractivity contribution in [3.63, 3.8) is 0 Å². The fourth-order valence-electron chi connectivity index (χ4n) is 1.40. The maximum atomic E-state index is 6.12. The molecule has 17 heavy (non-hydrogen) atoms. The Kier molecular flexibility index (Phi) is 6.52. The van der Waals surface area contributed by atoms with Gasteiger partial charge in [0.15, 0.2) is 0 Å². The molecule has 92 valence electrons. The fraction of sp³-hybridized carbons (Fsp3) is 0.167. The van der Waals surface area contributed by atoms with Gasteiger partial charge in [0, 0.05) is 22.6 Å². The maximum Gasteiger partial charge on any atom is 0.0462 e. The van der Waals surface area contributed by atoms with Crippen LogP contribution < -0.4 is 5.32 Å². The molecule has 2 aromatic rings. The van der Waals surface area contributed by atoms with Crippen LogP contribution in [-0.2, 0) is 13.1 Å². The minimum absolute atomic E-state index is 0. The fourth-order valence-corrected chi connectivity index (χ4v) is 2.81. The van der Waals surface area contributed by atoms with Gasteiger partial charge in [0.1, 0.15) is 0 Å². The summed E-state index contributed by atoms with van der Waals surface area (Å²) in [6, 6.07) is 8.09. The predicted octanol–water partition coefficient (Wildman–Crippen LogP) is 4.88. The van der Waals surface area contributed by atoms with Gasteiger partial charge in [-0.3, -0.25) is 0 Å². The summed E-state index contributed by atoms with van der Waals surface area (Å²) in [6.45, 7) is 1.68. The number of benzene rings is 1. The molecule has 0 saturated carbocycles. The second-order valence-corrected chi connectivity index (χ2v) is 5.57. The molecular formula is C12H12BrCl2NS. The van der Waals surface area contributed by atoms with E-state index in [0.29, 0.717) is 0 Å². The molecule has 1 heterocycles. The number of thiophene rings is 1. The Hall–Kier alpha value is -0.0600. The molecule has 0 saturated heterocycles. The molecule has 0 unspecified atom stereocenters. The lowest BCUT2D eigenvalue weighted by molar-refractivity contribution is 0.695. The molecule has 1 nitrogen and oxygen atoms in total. The van der Waals surface area contributed by atoms with E-state index in [1.54, 1.807) is 11.3 Å². The molecule has 2 rings (SSSR count). The first-order chi connectivity index (χ1) is 7.75. The molecule has 0 amide bonds. The zero-order valence-corrected chi connectivity index (χ0v) is 12.9. The third kappa shape index (κ3) is 4.60. The molecule has 0 atom stereocenters. The summed E-state index contributed by atoms with van der Waals surface area (Å²) < 4.78 is 1.01. The summed E-state index contributed by atoms with van der Waals surface area (Å²) in [4.78, 5) is 0. The topological polar surface area (TPSA) is 12.0 Å². The summed E-state index contributed by atoms with van der Waals surface area (Å²) in [5.74, 6) is 0. The number of rotatable bonds is 4. The molecule has 0 aliphatic carbocycles. The van der Waals surface area contributed by atoms with Gasteiger partial charge in [-0.1, -0.05) is 33.6 Å². The smallest absolute Gasteiger partial charge is 0.0462 e. The van der Waals surface area contributed by atoms with Crippen molar-refractivity contribution in [2.24, 2.45) is 0 Å². The van der Waals surface area contributed by atoms with Crippen LogP contribution in [0.25, 0.3) is 0 Å². The zero-order valence-electron chi connectivity index (χ0n) is 8.95. The van der Waals surface area contributed by atoms with Gasteiger partial charge in [-0.25, -0.2) is 0 Å². The van der Waals surface area contributed by atoms with E-state index in [2.05, 4.69) is 38.1 Å². The average Bonchev–Trinajstić information content (AvgIpc) is 2.74. The van der Waals surface area contributed by atoms with Crippen LogP contribution in [0.4, 0.5) is 0 Å². The van der Waals surface area contributed by atoms with E-state index >= 15 is 0 Å². The molecule has 0 fully saturated rings. The molecule has 5 heteroatoms. The lowest BCUT2D eigenvalue weighted by atomic mass is 10.2. The molecule has 0 spiro atoms. The SMILES string of the molecule is Cl.Clc1cc(Br)ccc1CNCc1ccsc1. The third-order valence-corrected chi connectivity index (χ3v) is 3.82. The third-order valence-electron chi connectivity index (χ3n) is 2.24. The van der Waals surface area contributed by atoms with E-state index in [-0.39, 0.29) is 12.4 Å². The largest absolute Gasteiger partial charge is 0.309 e. The highest BCUT2D eigenvalue weighted by atomic mass is 79.9. The van der Waals surface area contributed by atoms with Crippen LogP contribution in [0.1, 0.15) is 11.1 Å². The van der Waals surface area contributed by atoms with Crippen molar-refractivity contribution in [3.05, 3.63) is 55.6 Å². The highest BCUT2D eigenvalue weighted by Gasteiger charge is 2.00. The van der Waals surface area contributed by atoms with Crippen LogP contribution in [0.3, 0.4) is 0 Å². The van der Waals surface area contributed by atoms with Crippen molar-refractivity contribution in [2.45, 2.75) is 13.1 Å². The molecule has 0 aliphatic rings. The van der Waals surface area contributed by atoms with Crippen LogP contribution in [0, 0.1) is 0 Å². The Morgan fingerprint density at radius 1 is 1.24 bits per heavy atom. The highest BCUT2D eigenvalue weighted by molar-refractivity contribution is 9.10. The Balaban J connectivity index is 0.00000144. The maximum absolute atomic E-state index is 6.12. The van der Waals surface area contributed by atoms with Gasteiger partial charge in [-0.05, 0) is 40.1 Å². The Bertz CT molecular complexity index is 460. The number of hydrogen-bond donors (Lipinski definition) is 1. The summed E-state index contributed by atoms with van der Waals surface area (Å²) >= 11 is 11.2. The van der Waals surface area contributed by atoms with Crippen molar-refractivity contribution in [1.82, 2.24) is 5.32 Å². The van der Waals surface area contributed by atoms with Crippen molar-refractivity contribution < 1.29 is 0 Å². The van der Waals surface area contributed by atoms with Gasteiger partial charge in [0.25, 0.3) is 0 Å². The first kappa shape index (κ1) is 15.0. The van der Waals surface area contributed by atoms with Gasteiger partial charge in [0.2, 0.25) is 0 Å². The Labute approximate surface area is 125 Å². The zero-order chi connectivity index (χ0) is 11.4. The molecule has 0 bridgehead atoms. The van der Waals surface area contributed by atoms with Crippen molar-refractivity contribution in [1.29, 1.82) is 0 Å². The van der Waals surface area contributed by atoms with Gasteiger partial charge < -0.3 is 5.32 Å². The number of halogens is 3. The van der Waals surface area contributed by atoms with Crippen LogP contribution in [-0.4, -0.2) is 0 Å². The first-order valence-electron chi connectivity index (χ1n) is 4.91. The summed E-state index contributed by atoms with van der Waals surface area (Å²) in [7, 11) is 0. The van der Waals surface area contributed by atoms with E-state index in [9.17, 15) is 0 Å². The van der Waals surface area contributed by atoms with E-state index in [1.165, 1.54) is 5.56 Å². The molecule has 0 radical (unpaired) electrons. The highest BCUT2D eigenvalue weighted by Crippen LogP contribution is 2.21. The number of nitrogens with one attached hydrogen (secondary N) is 1. The minimum atomic E-state index is 0. The monoisotopic (exact) mass is 351 g/mol. The molecular weight excluding hydrogens is 341 g/mol. The first-order valence-corrected chi connectivity index (χ1v) is 7.03. The van der Waals surface area contributed by atoms with Gasteiger partial charge >= 0.3 is 0 Å². The summed E-state index contributed by atoms with van der Waals surface area (Å²) in [5, 5.41) is 8.41. The lowest BCUT2D eigenvalue weighted by Crippen LogP contribution is -2.12. The standard InChI is InChI=1S/C12H11BrClNS.ClH/c13-11-2-1-10(12(14)5-11)7-15-6-9-3-4-16-8-9;/h1-5,8,15H,6-7H2;1H. The normalized spacial score (nSPS) is 10.0.